The standard InChI is InChI=1S/C22H24N4O2/c1-15-20(13-24-16(2)25-15)28-14-22(17-7-4-3-5-8-17)11-19(22)21(27)26-18-9-6-10-23-12-18/h3-7,9-10,12-13,17,19H,8,11,14H2,1-2H3,(H,26,27)/t17?,19-,22+/m0/s1. The lowest BCUT2D eigenvalue weighted by molar-refractivity contribution is -0.118. The van der Waals surface area contributed by atoms with Crippen molar-refractivity contribution in [3.63, 3.8) is 0 Å². The molecule has 2 aliphatic carbocycles. The van der Waals surface area contributed by atoms with Gasteiger partial charge in [-0.1, -0.05) is 24.3 Å². The summed E-state index contributed by atoms with van der Waals surface area (Å²) in [6.07, 6.45) is 15.2. The topological polar surface area (TPSA) is 77.0 Å². The Kier molecular flexibility index (Phi) is 4.94. The molecule has 2 aromatic rings. The van der Waals surface area contributed by atoms with Gasteiger partial charge < -0.3 is 10.1 Å². The molecule has 1 fully saturated rings. The molecule has 1 amide bonds. The number of amides is 1. The van der Waals surface area contributed by atoms with Crippen LogP contribution in [0.4, 0.5) is 5.69 Å². The van der Waals surface area contributed by atoms with Gasteiger partial charge in [0, 0.05) is 17.5 Å². The molecule has 0 spiro atoms. The van der Waals surface area contributed by atoms with E-state index in [1.54, 1.807) is 18.6 Å². The maximum absolute atomic E-state index is 12.9. The number of hydrogen-bond donors (Lipinski definition) is 1. The molecule has 0 bridgehead atoms. The van der Waals surface area contributed by atoms with E-state index in [2.05, 4.69) is 44.6 Å². The summed E-state index contributed by atoms with van der Waals surface area (Å²) in [5.41, 5.74) is 1.32. The van der Waals surface area contributed by atoms with Gasteiger partial charge >= 0.3 is 0 Å². The maximum atomic E-state index is 12.9. The Morgan fingerprint density at radius 3 is 2.93 bits per heavy atom. The summed E-state index contributed by atoms with van der Waals surface area (Å²) < 4.78 is 6.13. The van der Waals surface area contributed by atoms with Gasteiger partial charge in [-0.15, -0.1) is 0 Å². The summed E-state index contributed by atoms with van der Waals surface area (Å²) in [4.78, 5) is 25.6. The summed E-state index contributed by atoms with van der Waals surface area (Å²) in [5.74, 6) is 1.60. The molecule has 1 N–H and O–H groups in total. The number of allylic oxidation sites excluding steroid dienone is 4. The van der Waals surface area contributed by atoms with E-state index < -0.39 is 0 Å². The molecule has 28 heavy (non-hydrogen) atoms. The highest BCUT2D eigenvalue weighted by Crippen LogP contribution is 2.60. The quantitative estimate of drug-likeness (QED) is 0.833. The molecule has 3 atom stereocenters. The SMILES string of the molecule is Cc1ncc(OC[C@@]2(C3C=CC=CC3)C[C@H]2C(=O)Nc2cccnc2)c(C)n1. The maximum Gasteiger partial charge on any atom is 0.228 e. The first-order chi connectivity index (χ1) is 13.6. The third-order valence-electron chi connectivity index (χ3n) is 5.63. The average molecular weight is 376 g/mol. The summed E-state index contributed by atoms with van der Waals surface area (Å²) >= 11 is 0. The number of nitrogens with zero attached hydrogens (tertiary/aromatic N) is 3. The van der Waals surface area contributed by atoms with Crippen molar-refractivity contribution < 1.29 is 9.53 Å². The van der Waals surface area contributed by atoms with Crippen molar-refractivity contribution in [2.75, 3.05) is 11.9 Å². The van der Waals surface area contributed by atoms with Crippen molar-refractivity contribution in [2.45, 2.75) is 26.7 Å². The molecular formula is C22H24N4O2. The number of aromatic nitrogens is 3. The molecule has 0 aliphatic heterocycles. The first-order valence-electron chi connectivity index (χ1n) is 9.56. The number of rotatable bonds is 6. The predicted octanol–water partition coefficient (Wildman–Crippen LogP) is 3.64. The second-order valence-electron chi connectivity index (χ2n) is 7.53. The van der Waals surface area contributed by atoms with E-state index in [-0.39, 0.29) is 23.2 Å². The fourth-order valence-electron chi connectivity index (χ4n) is 3.95. The van der Waals surface area contributed by atoms with Crippen LogP contribution in [0.1, 0.15) is 24.4 Å². The van der Waals surface area contributed by atoms with Gasteiger partial charge in [0.25, 0.3) is 0 Å². The Morgan fingerprint density at radius 1 is 1.32 bits per heavy atom. The van der Waals surface area contributed by atoms with E-state index in [1.165, 1.54) is 0 Å². The first kappa shape index (κ1) is 18.3. The number of pyridine rings is 1. The lowest BCUT2D eigenvalue weighted by Crippen LogP contribution is -2.29. The highest BCUT2D eigenvalue weighted by atomic mass is 16.5. The summed E-state index contributed by atoms with van der Waals surface area (Å²) in [5, 5.41) is 2.99. The van der Waals surface area contributed by atoms with Crippen LogP contribution in [-0.2, 0) is 4.79 Å². The average Bonchev–Trinajstić information content (AvgIpc) is 3.45. The Labute approximate surface area is 164 Å². The van der Waals surface area contributed by atoms with Gasteiger partial charge in [-0.3, -0.25) is 9.78 Å². The number of anilines is 1. The Balaban J connectivity index is 1.50. The molecule has 0 radical (unpaired) electrons. The van der Waals surface area contributed by atoms with Gasteiger partial charge in [0.05, 0.1) is 30.4 Å². The summed E-state index contributed by atoms with van der Waals surface area (Å²) in [7, 11) is 0. The lowest BCUT2D eigenvalue weighted by atomic mass is 9.82. The molecule has 6 heteroatoms. The second kappa shape index (κ2) is 7.54. The molecule has 0 saturated heterocycles. The predicted molar refractivity (Wildman–Crippen MR) is 107 cm³/mol. The number of aryl methyl sites for hydroxylation is 2. The molecule has 144 valence electrons. The van der Waals surface area contributed by atoms with Crippen LogP contribution in [0.3, 0.4) is 0 Å². The zero-order valence-electron chi connectivity index (χ0n) is 16.1. The van der Waals surface area contributed by atoms with Gasteiger partial charge in [0.1, 0.15) is 5.82 Å². The van der Waals surface area contributed by atoms with Gasteiger partial charge in [-0.25, -0.2) is 9.97 Å². The number of ether oxygens (including phenoxy) is 1. The molecule has 0 aromatic carbocycles. The van der Waals surface area contributed by atoms with E-state index >= 15 is 0 Å². The zero-order chi connectivity index (χ0) is 19.6. The van der Waals surface area contributed by atoms with Gasteiger partial charge in [-0.2, -0.15) is 0 Å². The van der Waals surface area contributed by atoms with Crippen LogP contribution in [0.5, 0.6) is 5.75 Å². The van der Waals surface area contributed by atoms with E-state index in [4.69, 9.17) is 4.74 Å². The molecule has 1 saturated carbocycles. The summed E-state index contributed by atoms with van der Waals surface area (Å²) in [6.45, 7) is 4.24. The van der Waals surface area contributed by atoms with E-state index in [0.29, 0.717) is 12.4 Å². The second-order valence-corrected chi connectivity index (χ2v) is 7.53. The third-order valence-corrected chi connectivity index (χ3v) is 5.63. The molecule has 2 aliphatic rings. The lowest BCUT2D eigenvalue weighted by Gasteiger charge is -2.26. The third kappa shape index (κ3) is 3.67. The molecule has 6 nitrogen and oxygen atoms in total. The minimum atomic E-state index is -0.217. The van der Waals surface area contributed by atoms with Gasteiger partial charge in [0.15, 0.2) is 5.75 Å². The normalized spacial score (nSPS) is 25.4. The monoisotopic (exact) mass is 376 g/mol. The van der Waals surface area contributed by atoms with Crippen molar-refractivity contribution in [1.82, 2.24) is 15.0 Å². The number of carbonyl (C=O) groups excluding carboxylic acids is 1. The van der Waals surface area contributed by atoms with Crippen molar-refractivity contribution in [2.24, 2.45) is 17.3 Å². The Hall–Kier alpha value is -3.02. The highest BCUT2D eigenvalue weighted by molar-refractivity contribution is 5.95. The van der Waals surface area contributed by atoms with Crippen LogP contribution >= 0.6 is 0 Å². The molecule has 2 aromatic heterocycles. The molecule has 4 rings (SSSR count). The van der Waals surface area contributed by atoms with Crippen LogP contribution in [-0.4, -0.2) is 27.5 Å². The Bertz CT molecular complexity index is 925. The number of nitrogens with one attached hydrogen (secondary N) is 1. The van der Waals surface area contributed by atoms with Crippen LogP contribution in [0.15, 0.2) is 55.0 Å². The largest absolute Gasteiger partial charge is 0.489 e. The molecule has 1 unspecified atom stereocenters. The van der Waals surface area contributed by atoms with E-state index in [1.807, 2.05) is 26.0 Å². The van der Waals surface area contributed by atoms with Crippen molar-refractivity contribution in [3.8, 4) is 5.75 Å². The smallest absolute Gasteiger partial charge is 0.228 e. The van der Waals surface area contributed by atoms with Crippen LogP contribution < -0.4 is 10.1 Å². The molecular weight excluding hydrogens is 352 g/mol. The Morgan fingerprint density at radius 2 is 2.21 bits per heavy atom. The van der Waals surface area contributed by atoms with Crippen LogP contribution in [0.2, 0.25) is 0 Å². The van der Waals surface area contributed by atoms with Crippen molar-refractivity contribution >= 4 is 11.6 Å². The van der Waals surface area contributed by atoms with E-state index in [9.17, 15) is 4.79 Å². The first-order valence-corrected chi connectivity index (χ1v) is 9.56. The van der Waals surface area contributed by atoms with Crippen molar-refractivity contribution in [1.29, 1.82) is 0 Å². The molecule has 2 heterocycles. The fourth-order valence-corrected chi connectivity index (χ4v) is 3.95. The highest BCUT2D eigenvalue weighted by Gasteiger charge is 2.62. The fraction of sp³-hybridized carbons (Fsp3) is 0.364. The number of carbonyl (C=O) groups is 1. The summed E-state index contributed by atoms with van der Waals surface area (Å²) in [6, 6.07) is 3.66. The minimum Gasteiger partial charge on any atom is -0.489 e. The van der Waals surface area contributed by atoms with Crippen molar-refractivity contribution in [3.05, 3.63) is 66.5 Å². The van der Waals surface area contributed by atoms with Crippen LogP contribution in [0, 0.1) is 31.1 Å². The number of hydrogen-bond acceptors (Lipinski definition) is 5. The van der Waals surface area contributed by atoms with Crippen LogP contribution in [0.25, 0.3) is 0 Å². The minimum absolute atomic E-state index is 0.0245. The van der Waals surface area contributed by atoms with Gasteiger partial charge in [0.2, 0.25) is 5.91 Å². The van der Waals surface area contributed by atoms with E-state index in [0.717, 1.165) is 30.0 Å². The zero-order valence-corrected chi connectivity index (χ0v) is 16.1. The van der Waals surface area contributed by atoms with Gasteiger partial charge in [-0.05, 0) is 44.7 Å².